The van der Waals surface area contributed by atoms with Gasteiger partial charge in [-0.3, -0.25) is 0 Å². The fourth-order valence-electron chi connectivity index (χ4n) is 2.96. The van der Waals surface area contributed by atoms with Crippen LogP contribution in [0.1, 0.15) is 30.1 Å². The molecule has 1 atom stereocenters. The highest BCUT2D eigenvalue weighted by molar-refractivity contribution is 7.15. The molecule has 1 aromatic carbocycles. The minimum Gasteiger partial charge on any atom is -0.464 e. The molecule has 0 aliphatic heterocycles. The number of urea groups is 1. The Bertz CT molecular complexity index is 1200. The standard InChI is InChI=1S/C22H23F3N6O3S/c1-4-34-19(32)13(3)29-21(33)28-11-18-27-10-16(35-18)14-7-12(2)8-15(9-14)30-20-26-6-5-17(31-20)22(23,24)25/h5-10,13H,4,11H2,1-3H3,(H,26,30,31)(H2,28,29,33)/t13-/m0/s1. The number of halogens is 3. The van der Waals surface area contributed by atoms with E-state index >= 15 is 0 Å². The van der Waals surface area contributed by atoms with Crippen molar-refractivity contribution in [2.75, 3.05) is 11.9 Å². The van der Waals surface area contributed by atoms with E-state index in [9.17, 15) is 22.8 Å². The Balaban J connectivity index is 1.66. The average Bonchev–Trinajstić information content (AvgIpc) is 3.26. The van der Waals surface area contributed by atoms with Crippen LogP contribution in [0.3, 0.4) is 0 Å². The molecule has 2 aromatic heterocycles. The van der Waals surface area contributed by atoms with E-state index in [1.54, 1.807) is 25.3 Å². The maximum atomic E-state index is 12.9. The lowest BCUT2D eigenvalue weighted by atomic mass is 10.1. The zero-order chi connectivity index (χ0) is 25.6. The zero-order valence-corrected chi connectivity index (χ0v) is 19.9. The Hall–Kier alpha value is -3.74. The van der Waals surface area contributed by atoms with Crippen molar-refractivity contribution in [2.45, 2.75) is 39.5 Å². The lowest BCUT2D eigenvalue weighted by Gasteiger charge is -2.12. The minimum atomic E-state index is -4.57. The number of alkyl halides is 3. The lowest BCUT2D eigenvalue weighted by Crippen LogP contribution is -2.44. The van der Waals surface area contributed by atoms with Gasteiger partial charge < -0.3 is 20.7 Å². The summed E-state index contributed by atoms with van der Waals surface area (Å²) in [4.78, 5) is 36.1. The number of nitrogens with zero attached hydrogens (tertiary/aromatic N) is 3. The van der Waals surface area contributed by atoms with Gasteiger partial charge in [0, 0.05) is 18.1 Å². The molecule has 9 nitrogen and oxygen atoms in total. The Morgan fingerprint density at radius 2 is 1.97 bits per heavy atom. The third-order valence-corrected chi connectivity index (χ3v) is 5.55. The number of rotatable bonds is 8. The number of ether oxygens (including phenoxy) is 1. The van der Waals surface area contributed by atoms with Gasteiger partial charge in [0.05, 0.1) is 18.0 Å². The Labute approximate surface area is 203 Å². The molecule has 0 spiro atoms. The highest BCUT2D eigenvalue weighted by Gasteiger charge is 2.32. The number of anilines is 2. The number of hydrogen-bond donors (Lipinski definition) is 3. The molecule has 0 bridgehead atoms. The maximum Gasteiger partial charge on any atom is 0.433 e. The molecule has 0 fully saturated rings. The van der Waals surface area contributed by atoms with E-state index in [0.717, 1.165) is 28.3 Å². The first-order valence-corrected chi connectivity index (χ1v) is 11.3. The van der Waals surface area contributed by atoms with E-state index in [0.29, 0.717) is 10.7 Å². The van der Waals surface area contributed by atoms with Gasteiger partial charge in [0.2, 0.25) is 5.95 Å². The third kappa shape index (κ3) is 7.37. The van der Waals surface area contributed by atoms with Gasteiger partial charge >= 0.3 is 18.2 Å². The number of amides is 2. The van der Waals surface area contributed by atoms with Gasteiger partial charge in [0.25, 0.3) is 0 Å². The highest BCUT2D eigenvalue weighted by Crippen LogP contribution is 2.31. The van der Waals surface area contributed by atoms with Crippen LogP contribution in [-0.4, -0.2) is 39.6 Å². The molecule has 0 aliphatic rings. The van der Waals surface area contributed by atoms with Crippen LogP contribution in [0, 0.1) is 6.92 Å². The fourth-order valence-corrected chi connectivity index (χ4v) is 3.80. The largest absolute Gasteiger partial charge is 0.464 e. The Morgan fingerprint density at radius 3 is 2.69 bits per heavy atom. The van der Waals surface area contributed by atoms with E-state index in [1.807, 2.05) is 13.0 Å². The zero-order valence-electron chi connectivity index (χ0n) is 19.1. The van der Waals surface area contributed by atoms with Gasteiger partial charge in [-0.05, 0) is 50.1 Å². The van der Waals surface area contributed by atoms with Gasteiger partial charge in [-0.25, -0.2) is 24.5 Å². The van der Waals surface area contributed by atoms with Crippen LogP contribution in [0.25, 0.3) is 10.4 Å². The molecular weight excluding hydrogens is 485 g/mol. The van der Waals surface area contributed by atoms with Crippen molar-refractivity contribution in [1.29, 1.82) is 0 Å². The van der Waals surface area contributed by atoms with Crippen molar-refractivity contribution in [3.05, 3.63) is 52.9 Å². The molecule has 186 valence electrons. The summed E-state index contributed by atoms with van der Waals surface area (Å²) < 4.78 is 43.6. The van der Waals surface area contributed by atoms with Crippen molar-refractivity contribution >= 4 is 35.0 Å². The van der Waals surface area contributed by atoms with Crippen molar-refractivity contribution in [3.8, 4) is 10.4 Å². The van der Waals surface area contributed by atoms with Crippen LogP contribution >= 0.6 is 11.3 Å². The summed E-state index contributed by atoms with van der Waals surface area (Å²) in [6.45, 7) is 5.41. The van der Waals surface area contributed by atoms with E-state index in [2.05, 4.69) is 30.9 Å². The summed E-state index contributed by atoms with van der Waals surface area (Å²) in [6.07, 6.45) is -1.89. The van der Waals surface area contributed by atoms with Gasteiger partial charge in [-0.2, -0.15) is 13.2 Å². The molecule has 0 aliphatic carbocycles. The molecule has 0 saturated heterocycles. The first-order valence-electron chi connectivity index (χ1n) is 10.5. The van der Waals surface area contributed by atoms with Crippen LogP contribution in [0.4, 0.5) is 29.6 Å². The van der Waals surface area contributed by atoms with Crippen molar-refractivity contribution in [1.82, 2.24) is 25.6 Å². The first kappa shape index (κ1) is 25.9. The molecule has 2 heterocycles. The highest BCUT2D eigenvalue weighted by atomic mass is 32.1. The number of nitrogens with one attached hydrogen (secondary N) is 3. The molecule has 0 radical (unpaired) electrons. The predicted molar refractivity (Wildman–Crippen MR) is 124 cm³/mol. The van der Waals surface area contributed by atoms with Crippen LogP contribution in [0.15, 0.2) is 36.7 Å². The quantitative estimate of drug-likeness (QED) is 0.386. The normalized spacial score (nSPS) is 12.1. The van der Waals surface area contributed by atoms with E-state index in [4.69, 9.17) is 4.74 Å². The summed E-state index contributed by atoms with van der Waals surface area (Å²) >= 11 is 1.34. The Kier molecular flexibility index (Phi) is 8.22. The molecule has 3 aromatic rings. The second-order valence-corrected chi connectivity index (χ2v) is 8.51. The van der Waals surface area contributed by atoms with E-state index < -0.39 is 29.9 Å². The second kappa shape index (κ2) is 11.1. The van der Waals surface area contributed by atoms with Gasteiger partial charge in [0.1, 0.15) is 16.7 Å². The first-order chi connectivity index (χ1) is 16.5. The number of carbonyl (C=O) groups excluding carboxylic acids is 2. The molecule has 0 unspecified atom stereocenters. The average molecular weight is 509 g/mol. The Morgan fingerprint density at radius 1 is 1.20 bits per heavy atom. The lowest BCUT2D eigenvalue weighted by molar-refractivity contribution is -0.145. The molecular formula is C22H23F3N6O3S. The topological polar surface area (TPSA) is 118 Å². The summed E-state index contributed by atoms with van der Waals surface area (Å²) in [7, 11) is 0. The summed E-state index contributed by atoms with van der Waals surface area (Å²) in [6, 6.07) is 4.88. The number of thiazole rings is 1. The summed E-state index contributed by atoms with van der Waals surface area (Å²) in [5.41, 5.74) is 1.11. The summed E-state index contributed by atoms with van der Waals surface area (Å²) in [5, 5.41) is 8.55. The van der Waals surface area contributed by atoms with Crippen molar-refractivity contribution in [3.63, 3.8) is 0 Å². The number of hydrogen-bond acceptors (Lipinski definition) is 8. The monoisotopic (exact) mass is 508 g/mol. The maximum absolute atomic E-state index is 12.9. The van der Waals surface area contributed by atoms with Crippen molar-refractivity contribution in [2.24, 2.45) is 0 Å². The molecule has 35 heavy (non-hydrogen) atoms. The third-order valence-electron chi connectivity index (χ3n) is 4.51. The number of benzene rings is 1. The van der Waals surface area contributed by atoms with Crippen LogP contribution in [-0.2, 0) is 22.3 Å². The van der Waals surface area contributed by atoms with Crippen LogP contribution in [0.2, 0.25) is 0 Å². The molecule has 13 heteroatoms. The second-order valence-electron chi connectivity index (χ2n) is 7.39. The number of esters is 1. The van der Waals surface area contributed by atoms with Crippen molar-refractivity contribution < 1.29 is 27.5 Å². The van der Waals surface area contributed by atoms with Gasteiger partial charge in [0.15, 0.2) is 0 Å². The number of carbonyl (C=O) groups is 2. The predicted octanol–water partition coefficient (Wildman–Crippen LogP) is 4.42. The van der Waals surface area contributed by atoms with E-state index in [1.165, 1.54) is 18.3 Å². The molecule has 3 rings (SSSR count). The van der Waals surface area contributed by atoms with Crippen LogP contribution in [0.5, 0.6) is 0 Å². The minimum absolute atomic E-state index is 0.140. The molecule has 2 amide bonds. The SMILES string of the molecule is CCOC(=O)[C@H](C)NC(=O)NCc1ncc(-c2cc(C)cc(Nc3nccc(C(F)(F)F)n3)c2)s1. The van der Waals surface area contributed by atoms with Gasteiger partial charge in [-0.15, -0.1) is 11.3 Å². The summed E-state index contributed by atoms with van der Waals surface area (Å²) in [5.74, 6) is -0.702. The van der Waals surface area contributed by atoms with E-state index in [-0.39, 0.29) is 19.1 Å². The fraction of sp³-hybridized carbons (Fsp3) is 0.318. The molecule has 0 saturated carbocycles. The van der Waals surface area contributed by atoms with Gasteiger partial charge in [-0.1, -0.05) is 6.07 Å². The number of aromatic nitrogens is 3. The molecule has 3 N–H and O–H groups in total. The smallest absolute Gasteiger partial charge is 0.433 e. The van der Waals surface area contributed by atoms with Crippen LogP contribution < -0.4 is 16.0 Å². The number of aryl methyl sites for hydroxylation is 1.